The van der Waals surface area contributed by atoms with E-state index in [1.54, 1.807) is 0 Å². The van der Waals surface area contributed by atoms with Gasteiger partial charge in [-0.15, -0.1) is 21.5 Å². The van der Waals surface area contributed by atoms with Gasteiger partial charge in [0, 0.05) is 16.4 Å². The Morgan fingerprint density at radius 2 is 1.93 bits per heavy atom. The van der Waals surface area contributed by atoms with Crippen LogP contribution in [-0.4, -0.2) is 26.8 Å². The van der Waals surface area contributed by atoms with Crippen molar-refractivity contribution in [1.82, 2.24) is 15.2 Å². The lowest BCUT2D eigenvalue weighted by atomic mass is 9.93. The predicted molar refractivity (Wildman–Crippen MR) is 117 cm³/mol. The molecular weight excluding hydrogens is 404 g/mol. The summed E-state index contributed by atoms with van der Waals surface area (Å²) in [7, 11) is 0. The number of hydrogen-bond donors (Lipinski definition) is 1. The second-order valence-electron chi connectivity index (χ2n) is 7.52. The number of thiazole rings is 1. The van der Waals surface area contributed by atoms with Crippen molar-refractivity contribution in [2.24, 2.45) is 0 Å². The van der Waals surface area contributed by atoms with E-state index < -0.39 is 0 Å². The summed E-state index contributed by atoms with van der Waals surface area (Å²) in [6, 6.07) is 14.0. The highest BCUT2D eigenvalue weighted by Crippen LogP contribution is 2.30. The molecule has 4 aromatic rings. The van der Waals surface area contributed by atoms with Gasteiger partial charge < -0.3 is 9.73 Å². The Balaban J connectivity index is 1.40. The van der Waals surface area contributed by atoms with Crippen molar-refractivity contribution in [1.29, 1.82) is 0 Å². The molecule has 1 amide bonds. The average Bonchev–Trinajstić information content (AvgIpc) is 3.35. The van der Waals surface area contributed by atoms with Crippen LogP contribution in [-0.2, 0) is 10.2 Å². The Morgan fingerprint density at radius 3 is 2.72 bits per heavy atom. The van der Waals surface area contributed by atoms with Crippen molar-refractivity contribution in [3.63, 3.8) is 0 Å². The molecule has 0 fully saturated rings. The van der Waals surface area contributed by atoms with Crippen molar-refractivity contribution >= 4 is 44.9 Å². The number of benzene rings is 2. The summed E-state index contributed by atoms with van der Waals surface area (Å²) in [6.07, 6.45) is 0. The number of carbonyl (C=O) groups is 1. The molecule has 2 aromatic carbocycles. The standard InChI is InChI=1S/C21H20N4O2S2/c1-21(2,3)16-11-28-19(22-16)23-17(26)12-29-20-25-24-18(27-20)15-10-6-8-13-7-4-5-9-14(13)15/h4-11H,12H2,1-3H3,(H,22,23,26). The van der Waals surface area contributed by atoms with Gasteiger partial charge in [-0.2, -0.15) is 0 Å². The van der Waals surface area contributed by atoms with Gasteiger partial charge in [-0.3, -0.25) is 4.79 Å². The maximum absolute atomic E-state index is 12.2. The quantitative estimate of drug-likeness (QED) is 0.434. The summed E-state index contributed by atoms with van der Waals surface area (Å²) < 4.78 is 5.77. The van der Waals surface area contributed by atoms with Gasteiger partial charge in [0.15, 0.2) is 5.13 Å². The Hall–Kier alpha value is -2.71. The van der Waals surface area contributed by atoms with Crippen LogP contribution in [0.1, 0.15) is 26.5 Å². The van der Waals surface area contributed by atoms with Gasteiger partial charge in [-0.25, -0.2) is 4.98 Å². The summed E-state index contributed by atoms with van der Waals surface area (Å²) in [5.41, 5.74) is 1.79. The van der Waals surface area contributed by atoms with Gasteiger partial charge in [0.25, 0.3) is 5.22 Å². The van der Waals surface area contributed by atoms with Crippen LogP contribution in [0, 0.1) is 0 Å². The first-order chi connectivity index (χ1) is 13.9. The summed E-state index contributed by atoms with van der Waals surface area (Å²) in [4.78, 5) is 16.7. The van der Waals surface area contributed by atoms with E-state index in [0.29, 0.717) is 16.2 Å². The number of aromatic nitrogens is 3. The van der Waals surface area contributed by atoms with E-state index in [4.69, 9.17) is 4.42 Å². The van der Waals surface area contributed by atoms with Crippen LogP contribution in [0.4, 0.5) is 5.13 Å². The molecule has 0 spiro atoms. The molecule has 148 valence electrons. The summed E-state index contributed by atoms with van der Waals surface area (Å²) in [5, 5.41) is 16.1. The van der Waals surface area contributed by atoms with Crippen molar-refractivity contribution in [2.45, 2.75) is 31.4 Å². The Labute approximate surface area is 176 Å². The van der Waals surface area contributed by atoms with E-state index in [1.165, 1.54) is 23.1 Å². The minimum absolute atomic E-state index is 0.0456. The molecule has 29 heavy (non-hydrogen) atoms. The van der Waals surface area contributed by atoms with Crippen LogP contribution >= 0.6 is 23.1 Å². The van der Waals surface area contributed by atoms with Crippen LogP contribution in [0.15, 0.2) is 57.5 Å². The number of rotatable bonds is 5. The largest absolute Gasteiger partial charge is 0.411 e. The number of amides is 1. The molecule has 0 aliphatic rings. The van der Waals surface area contributed by atoms with Gasteiger partial charge in [0.2, 0.25) is 11.8 Å². The van der Waals surface area contributed by atoms with E-state index >= 15 is 0 Å². The Kier molecular flexibility index (Phi) is 5.38. The molecule has 1 N–H and O–H groups in total. The number of carbonyl (C=O) groups excluding carboxylic acids is 1. The van der Waals surface area contributed by atoms with Gasteiger partial charge >= 0.3 is 0 Å². The molecule has 8 heteroatoms. The topological polar surface area (TPSA) is 80.9 Å². The lowest BCUT2D eigenvalue weighted by Crippen LogP contribution is -2.15. The molecule has 0 bridgehead atoms. The molecule has 6 nitrogen and oxygen atoms in total. The van der Waals surface area contributed by atoms with Crippen molar-refractivity contribution in [2.75, 3.05) is 11.1 Å². The number of nitrogens with one attached hydrogen (secondary N) is 1. The highest BCUT2D eigenvalue weighted by atomic mass is 32.2. The molecule has 0 unspecified atom stereocenters. The lowest BCUT2D eigenvalue weighted by molar-refractivity contribution is -0.113. The van der Waals surface area contributed by atoms with Crippen molar-refractivity contribution in [3.8, 4) is 11.5 Å². The fourth-order valence-corrected chi connectivity index (χ4v) is 4.26. The Morgan fingerprint density at radius 1 is 1.14 bits per heavy atom. The first-order valence-corrected chi connectivity index (χ1v) is 11.0. The third-order valence-corrected chi connectivity index (χ3v) is 5.85. The maximum Gasteiger partial charge on any atom is 0.277 e. The third-order valence-electron chi connectivity index (χ3n) is 4.27. The average molecular weight is 425 g/mol. The minimum atomic E-state index is -0.158. The van der Waals surface area contributed by atoms with E-state index in [2.05, 4.69) is 41.3 Å². The van der Waals surface area contributed by atoms with E-state index in [0.717, 1.165) is 22.0 Å². The fraction of sp³-hybridized carbons (Fsp3) is 0.238. The van der Waals surface area contributed by atoms with Gasteiger partial charge in [-0.1, -0.05) is 68.9 Å². The van der Waals surface area contributed by atoms with Crippen LogP contribution in [0.3, 0.4) is 0 Å². The number of fused-ring (bicyclic) bond motifs is 1. The zero-order chi connectivity index (χ0) is 20.4. The number of thioether (sulfide) groups is 1. The van der Waals surface area contributed by atoms with Crippen LogP contribution in [0.25, 0.3) is 22.2 Å². The van der Waals surface area contributed by atoms with E-state index in [1.807, 2.05) is 47.8 Å². The first-order valence-electron chi connectivity index (χ1n) is 9.10. The van der Waals surface area contributed by atoms with Crippen molar-refractivity contribution in [3.05, 3.63) is 53.5 Å². The predicted octanol–water partition coefficient (Wildman–Crippen LogP) is 5.37. The van der Waals surface area contributed by atoms with Gasteiger partial charge in [-0.05, 0) is 16.8 Å². The zero-order valence-electron chi connectivity index (χ0n) is 16.3. The minimum Gasteiger partial charge on any atom is -0.411 e. The third kappa shape index (κ3) is 4.49. The monoisotopic (exact) mass is 424 g/mol. The summed E-state index contributed by atoms with van der Waals surface area (Å²) >= 11 is 2.63. The van der Waals surface area contributed by atoms with Crippen LogP contribution in [0.5, 0.6) is 0 Å². The summed E-state index contributed by atoms with van der Waals surface area (Å²) in [6.45, 7) is 6.27. The van der Waals surface area contributed by atoms with E-state index in [-0.39, 0.29) is 17.1 Å². The van der Waals surface area contributed by atoms with Gasteiger partial charge in [0.1, 0.15) is 0 Å². The molecule has 0 atom stereocenters. The smallest absolute Gasteiger partial charge is 0.277 e. The SMILES string of the molecule is CC(C)(C)c1csc(NC(=O)CSc2nnc(-c3cccc4ccccc34)o2)n1. The molecule has 0 radical (unpaired) electrons. The normalized spacial score (nSPS) is 11.7. The fourth-order valence-electron chi connectivity index (χ4n) is 2.75. The molecule has 4 rings (SSSR count). The lowest BCUT2D eigenvalue weighted by Gasteiger charge is -2.14. The molecule has 2 heterocycles. The molecule has 0 aliphatic heterocycles. The first kappa shape index (κ1) is 19.6. The highest BCUT2D eigenvalue weighted by molar-refractivity contribution is 7.99. The maximum atomic E-state index is 12.2. The number of hydrogen-bond acceptors (Lipinski definition) is 7. The second kappa shape index (κ2) is 7.96. The van der Waals surface area contributed by atoms with Crippen LogP contribution < -0.4 is 5.32 Å². The molecule has 0 saturated heterocycles. The molecule has 2 aromatic heterocycles. The zero-order valence-corrected chi connectivity index (χ0v) is 17.9. The molecule has 0 aliphatic carbocycles. The van der Waals surface area contributed by atoms with E-state index in [9.17, 15) is 4.79 Å². The van der Waals surface area contributed by atoms with Crippen molar-refractivity contribution < 1.29 is 9.21 Å². The number of nitrogens with zero attached hydrogens (tertiary/aromatic N) is 3. The second-order valence-corrected chi connectivity index (χ2v) is 9.31. The summed E-state index contributed by atoms with van der Waals surface area (Å²) in [5.74, 6) is 0.455. The molecular formula is C21H20N4O2S2. The van der Waals surface area contributed by atoms with Gasteiger partial charge in [0.05, 0.1) is 11.4 Å². The highest BCUT2D eigenvalue weighted by Gasteiger charge is 2.18. The van der Waals surface area contributed by atoms with Crippen LogP contribution in [0.2, 0.25) is 0 Å². The Bertz CT molecular complexity index is 1160. The molecule has 0 saturated carbocycles. The number of anilines is 1.